The highest BCUT2D eigenvalue weighted by Crippen LogP contribution is 2.21. The van der Waals surface area contributed by atoms with Gasteiger partial charge in [-0.2, -0.15) is 10.2 Å². The van der Waals surface area contributed by atoms with Gasteiger partial charge in [-0.15, -0.1) is 0 Å². The number of halogens is 1. The number of nitrogens with one attached hydrogen (secondary N) is 1. The van der Waals surface area contributed by atoms with E-state index < -0.39 is 5.91 Å². The first-order chi connectivity index (χ1) is 12.6. The minimum absolute atomic E-state index is 0.122. The van der Waals surface area contributed by atoms with Crippen LogP contribution in [0.1, 0.15) is 21.6 Å². The van der Waals surface area contributed by atoms with Crippen molar-refractivity contribution in [2.75, 3.05) is 5.32 Å². The lowest BCUT2D eigenvalue weighted by Gasteiger charge is -2.05. The van der Waals surface area contributed by atoms with Crippen LogP contribution in [0.3, 0.4) is 0 Å². The summed E-state index contributed by atoms with van der Waals surface area (Å²) in [5.74, 6) is -0.407. The molecule has 1 aromatic carbocycles. The van der Waals surface area contributed by atoms with Crippen LogP contribution in [-0.4, -0.2) is 30.3 Å². The standard InChI is InChI=1S/C18H15ClN6O/c1-12-5-2-3-6-13(12)10-24-11-14(9-21-24)22-18(26)16-15(19)17-20-7-4-8-25(17)23-16/h2-9,11H,10H2,1H3,(H,22,26). The van der Waals surface area contributed by atoms with E-state index in [1.165, 1.54) is 15.6 Å². The molecule has 0 saturated carbocycles. The third-order valence-corrected chi connectivity index (χ3v) is 4.39. The van der Waals surface area contributed by atoms with Crippen molar-refractivity contribution in [2.24, 2.45) is 0 Å². The molecule has 26 heavy (non-hydrogen) atoms. The Morgan fingerprint density at radius 2 is 2.12 bits per heavy atom. The van der Waals surface area contributed by atoms with E-state index in [9.17, 15) is 4.79 Å². The van der Waals surface area contributed by atoms with Gasteiger partial charge >= 0.3 is 0 Å². The summed E-state index contributed by atoms with van der Waals surface area (Å²) < 4.78 is 3.24. The molecule has 7 nitrogen and oxygen atoms in total. The molecule has 0 saturated heterocycles. The highest BCUT2D eigenvalue weighted by atomic mass is 35.5. The molecule has 4 aromatic rings. The molecule has 4 rings (SSSR count). The Morgan fingerprint density at radius 3 is 2.92 bits per heavy atom. The Hall–Kier alpha value is -3.19. The second kappa shape index (κ2) is 6.61. The van der Waals surface area contributed by atoms with Crippen LogP contribution in [-0.2, 0) is 6.54 Å². The number of aryl methyl sites for hydroxylation is 1. The topological polar surface area (TPSA) is 77.1 Å². The zero-order valence-corrected chi connectivity index (χ0v) is 14.7. The number of hydrogen-bond acceptors (Lipinski definition) is 4. The minimum atomic E-state index is -0.407. The Balaban J connectivity index is 1.52. The molecule has 0 aliphatic heterocycles. The third kappa shape index (κ3) is 3.04. The van der Waals surface area contributed by atoms with Crippen LogP contribution in [0.5, 0.6) is 0 Å². The van der Waals surface area contributed by atoms with Crippen LogP contribution < -0.4 is 5.32 Å². The van der Waals surface area contributed by atoms with Crippen LogP contribution in [0, 0.1) is 6.92 Å². The van der Waals surface area contributed by atoms with Crippen LogP contribution in [0.25, 0.3) is 5.65 Å². The van der Waals surface area contributed by atoms with Gasteiger partial charge in [-0.25, -0.2) is 9.50 Å². The maximum atomic E-state index is 12.5. The molecule has 0 bridgehead atoms. The second-order valence-electron chi connectivity index (χ2n) is 5.86. The number of amides is 1. The molecule has 0 unspecified atom stereocenters. The van der Waals surface area contributed by atoms with Crippen molar-refractivity contribution in [3.05, 3.63) is 77.0 Å². The van der Waals surface area contributed by atoms with Crippen molar-refractivity contribution in [3.63, 3.8) is 0 Å². The quantitative estimate of drug-likeness (QED) is 0.601. The molecule has 0 fully saturated rings. The fourth-order valence-electron chi connectivity index (χ4n) is 2.67. The van der Waals surface area contributed by atoms with E-state index in [0.29, 0.717) is 17.9 Å². The number of rotatable bonds is 4. The van der Waals surface area contributed by atoms with Gasteiger partial charge in [0.2, 0.25) is 0 Å². The minimum Gasteiger partial charge on any atom is -0.318 e. The lowest BCUT2D eigenvalue weighted by molar-refractivity contribution is 0.102. The molecule has 130 valence electrons. The summed E-state index contributed by atoms with van der Waals surface area (Å²) in [6.45, 7) is 2.68. The van der Waals surface area contributed by atoms with Crippen molar-refractivity contribution in [3.8, 4) is 0 Å². The van der Waals surface area contributed by atoms with Gasteiger partial charge < -0.3 is 5.32 Å². The average Bonchev–Trinajstić information content (AvgIpc) is 3.22. The number of nitrogens with zero attached hydrogens (tertiary/aromatic N) is 5. The molecule has 1 N–H and O–H groups in total. The van der Waals surface area contributed by atoms with Crippen molar-refractivity contribution in [1.82, 2.24) is 24.4 Å². The van der Waals surface area contributed by atoms with Crippen LogP contribution >= 0.6 is 11.6 Å². The molecular weight excluding hydrogens is 352 g/mol. The number of fused-ring (bicyclic) bond motifs is 1. The average molecular weight is 367 g/mol. The van der Waals surface area contributed by atoms with E-state index in [4.69, 9.17) is 11.6 Å². The van der Waals surface area contributed by atoms with Crippen molar-refractivity contribution < 1.29 is 4.79 Å². The molecule has 0 aliphatic carbocycles. The number of anilines is 1. The van der Waals surface area contributed by atoms with Gasteiger partial charge in [0.25, 0.3) is 5.91 Å². The number of carbonyl (C=O) groups is 1. The summed E-state index contributed by atoms with van der Waals surface area (Å²) in [5, 5.41) is 11.5. The normalized spacial score (nSPS) is 11.0. The zero-order valence-electron chi connectivity index (χ0n) is 13.9. The first-order valence-electron chi connectivity index (χ1n) is 7.99. The van der Waals surface area contributed by atoms with E-state index in [1.54, 1.807) is 35.5 Å². The second-order valence-corrected chi connectivity index (χ2v) is 6.24. The number of carbonyl (C=O) groups excluding carboxylic acids is 1. The van der Waals surface area contributed by atoms with E-state index in [2.05, 4.69) is 39.6 Å². The molecule has 3 aromatic heterocycles. The lowest BCUT2D eigenvalue weighted by atomic mass is 10.1. The summed E-state index contributed by atoms with van der Waals surface area (Å²) >= 11 is 6.22. The van der Waals surface area contributed by atoms with E-state index >= 15 is 0 Å². The largest absolute Gasteiger partial charge is 0.318 e. The molecule has 0 aliphatic rings. The van der Waals surface area contributed by atoms with Gasteiger partial charge in [-0.1, -0.05) is 35.9 Å². The van der Waals surface area contributed by atoms with Gasteiger partial charge in [0.05, 0.1) is 18.4 Å². The van der Waals surface area contributed by atoms with Gasteiger partial charge in [-0.3, -0.25) is 9.48 Å². The predicted octanol–water partition coefficient (Wildman–Crippen LogP) is 3.19. The smallest absolute Gasteiger partial charge is 0.277 e. The Bertz CT molecular complexity index is 1100. The lowest BCUT2D eigenvalue weighted by Crippen LogP contribution is -2.12. The highest BCUT2D eigenvalue weighted by Gasteiger charge is 2.19. The maximum Gasteiger partial charge on any atom is 0.277 e. The molecule has 0 atom stereocenters. The van der Waals surface area contributed by atoms with E-state index in [1.807, 2.05) is 12.1 Å². The van der Waals surface area contributed by atoms with Crippen molar-refractivity contribution >= 4 is 28.8 Å². The summed E-state index contributed by atoms with van der Waals surface area (Å²) in [4.78, 5) is 16.6. The van der Waals surface area contributed by atoms with E-state index in [0.717, 1.165) is 0 Å². The molecule has 1 amide bonds. The first-order valence-corrected chi connectivity index (χ1v) is 8.37. The maximum absolute atomic E-state index is 12.5. The summed E-state index contributed by atoms with van der Waals surface area (Å²) in [6.07, 6.45) is 6.65. The van der Waals surface area contributed by atoms with Crippen LogP contribution in [0.4, 0.5) is 5.69 Å². The summed E-state index contributed by atoms with van der Waals surface area (Å²) in [6, 6.07) is 9.82. The van der Waals surface area contributed by atoms with Crippen molar-refractivity contribution in [2.45, 2.75) is 13.5 Å². The van der Waals surface area contributed by atoms with Crippen molar-refractivity contribution in [1.29, 1.82) is 0 Å². The van der Waals surface area contributed by atoms with Crippen LogP contribution in [0.2, 0.25) is 5.02 Å². The first kappa shape index (κ1) is 16.3. The predicted molar refractivity (Wildman–Crippen MR) is 98.5 cm³/mol. The molecule has 8 heteroatoms. The Labute approximate surface area is 154 Å². The SMILES string of the molecule is Cc1ccccc1Cn1cc(NC(=O)c2nn3cccnc3c2Cl)cn1. The van der Waals surface area contributed by atoms with Gasteiger partial charge in [-0.05, 0) is 24.1 Å². The Morgan fingerprint density at radius 1 is 1.27 bits per heavy atom. The molecule has 0 spiro atoms. The van der Waals surface area contributed by atoms with E-state index in [-0.39, 0.29) is 10.7 Å². The monoisotopic (exact) mass is 366 g/mol. The molecular formula is C18H15ClN6O. The summed E-state index contributed by atoms with van der Waals surface area (Å²) in [5.41, 5.74) is 3.50. The fraction of sp³-hybridized carbons (Fsp3) is 0.111. The fourth-order valence-corrected chi connectivity index (χ4v) is 2.93. The van der Waals surface area contributed by atoms with Gasteiger partial charge in [0, 0.05) is 18.6 Å². The molecule has 0 radical (unpaired) electrons. The van der Waals surface area contributed by atoms with Crippen LogP contribution in [0.15, 0.2) is 55.1 Å². The number of hydrogen-bond donors (Lipinski definition) is 1. The number of benzene rings is 1. The van der Waals surface area contributed by atoms with Gasteiger partial charge in [0.15, 0.2) is 11.3 Å². The Kier molecular flexibility index (Phi) is 4.14. The van der Waals surface area contributed by atoms with Gasteiger partial charge in [0.1, 0.15) is 5.02 Å². The number of aromatic nitrogens is 5. The zero-order chi connectivity index (χ0) is 18.1. The summed E-state index contributed by atoms with van der Waals surface area (Å²) in [7, 11) is 0. The molecule has 3 heterocycles. The third-order valence-electron chi connectivity index (χ3n) is 4.04. The highest BCUT2D eigenvalue weighted by molar-refractivity contribution is 6.37.